The van der Waals surface area contributed by atoms with Gasteiger partial charge in [-0.1, -0.05) is 24.3 Å². The van der Waals surface area contributed by atoms with Crippen LogP contribution in [-0.4, -0.2) is 36.1 Å². The largest absolute Gasteiger partial charge is 0.504 e. The van der Waals surface area contributed by atoms with Crippen molar-refractivity contribution in [2.24, 2.45) is 0 Å². The number of aliphatic hydroxyl groups is 1. The zero-order valence-corrected chi connectivity index (χ0v) is 15.2. The average molecular weight is 376 g/mol. The van der Waals surface area contributed by atoms with Crippen LogP contribution in [0.3, 0.4) is 0 Å². The van der Waals surface area contributed by atoms with Gasteiger partial charge >= 0.3 is 0 Å². The highest BCUT2D eigenvalue weighted by Crippen LogP contribution is 2.39. The van der Waals surface area contributed by atoms with Gasteiger partial charge in [-0.05, 0) is 42.3 Å². The van der Waals surface area contributed by atoms with Gasteiger partial charge in [-0.2, -0.15) is 0 Å². The molecule has 0 aromatic heterocycles. The Bertz CT molecular complexity index is 1080. The number of fused-ring (bicyclic) bond motifs is 1. The molecule has 0 spiro atoms. The Hall–Kier alpha value is -3.51. The van der Waals surface area contributed by atoms with Gasteiger partial charge in [0.1, 0.15) is 0 Å². The standard InChI is InChI=1S/C22H20N2O4/c1-13(25)11-24-7-6-16-8-18(23-19(16)12-24)15-4-2-14(3-5-15)17-9-20(26)22(28)21(27)10-17/h2-10,12-13,25-28H,11H2,1H3/t13-/m1/s1. The molecule has 2 heterocycles. The molecule has 2 aliphatic heterocycles. The molecule has 0 saturated carbocycles. The number of hydrogen-bond donors (Lipinski definition) is 4. The van der Waals surface area contributed by atoms with Gasteiger partial charge in [-0.25, -0.2) is 4.98 Å². The molecule has 4 N–H and O–H groups in total. The van der Waals surface area contributed by atoms with Gasteiger partial charge in [-0.3, -0.25) is 0 Å². The lowest BCUT2D eigenvalue weighted by Gasteiger charge is -2.09. The maximum absolute atomic E-state index is 9.69. The molecule has 0 fully saturated rings. The lowest BCUT2D eigenvalue weighted by Crippen LogP contribution is -2.11. The summed E-state index contributed by atoms with van der Waals surface area (Å²) in [5, 5.41) is 38.4. The van der Waals surface area contributed by atoms with Gasteiger partial charge in [0.15, 0.2) is 17.2 Å². The van der Waals surface area contributed by atoms with Crippen LogP contribution in [0.15, 0.2) is 60.9 Å². The van der Waals surface area contributed by atoms with Crippen molar-refractivity contribution in [2.75, 3.05) is 0 Å². The molecule has 1 atom stereocenters. The maximum atomic E-state index is 9.69. The third kappa shape index (κ3) is 3.37. The molecule has 0 saturated heterocycles. The topological polar surface area (TPSA) is 98.7 Å². The molecule has 2 aromatic carbocycles. The first-order valence-electron chi connectivity index (χ1n) is 8.91. The van der Waals surface area contributed by atoms with E-state index in [0.717, 1.165) is 28.1 Å². The second kappa shape index (κ2) is 6.90. The van der Waals surface area contributed by atoms with Crippen LogP contribution in [0, 0.1) is 0 Å². The number of aromatic nitrogens is 2. The number of benzene rings is 2. The monoisotopic (exact) mass is 376 g/mol. The SMILES string of the molecule is C[C@@H](O)Cn1ccc2cc(-c3ccc(-c4cc(O)c(O)c(O)c4)cc3)nc-2c1. The van der Waals surface area contributed by atoms with Crippen molar-refractivity contribution in [1.82, 2.24) is 9.55 Å². The summed E-state index contributed by atoms with van der Waals surface area (Å²) in [7, 11) is 0. The summed E-state index contributed by atoms with van der Waals surface area (Å²) in [5.74, 6) is -1.26. The summed E-state index contributed by atoms with van der Waals surface area (Å²) in [6.07, 6.45) is 3.41. The van der Waals surface area contributed by atoms with Crippen LogP contribution >= 0.6 is 0 Å². The Kier molecular flexibility index (Phi) is 4.41. The van der Waals surface area contributed by atoms with E-state index in [1.807, 2.05) is 53.4 Å². The molecule has 0 radical (unpaired) electrons. The highest BCUT2D eigenvalue weighted by atomic mass is 16.3. The minimum absolute atomic E-state index is 0.367. The van der Waals surface area contributed by atoms with Gasteiger partial charge in [-0.15, -0.1) is 0 Å². The van der Waals surface area contributed by atoms with E-state index in [2.05, 4.69) is 4.98 Å². The van der Waals surface area contributed by atoms with Crippen LogP contribution in [0.2, 0.25) is 0 Å². The summed E-state index contributed by atoms with van der Waals surface area (Å²) in [5.41, 5.74) is 5.05. The molecule has 4 rings (SSSR count). The molecule has 0 bridgehead atoms. The van der Waals surface area contributed by atoms with Crippen molar-refractivity contribution in [3.05, 3.63) is 60.9 Å². The summed E-state index contributed by atoms with van der Waals surface area (Å²) in [6, 6.07) is 14.4. The molecular formula is C22H20N2O4. The van der Waals surface area contributed by atoms with Crippen LogP contribution in [0.5, 0.6) is 17.2 Å². The first-order chi connectivity index (χ1) is 13.4. The Morgan fingerprint density at radius 2 is 1.46 bits per heavy atom. The summed E-state index contributed by atoms with van der Waals surface area (Å²) < 4.78 is 1.91. The van der Waals surface area contributed by atoms with E-state index < -0.39 is 11.9 Å². The molecule has 2 aliphatic rings. The molecule has 0 unspecified atom stereocenters. The minimum Gasteiger partial charge on any atom is -0.504 e. The van der Waals surface area contributed by atoms with Crippen molar-refractivity contribution in [1.29, 1.82) is 0 Å². The van der Waals surface area contributed by atoms with Crippen LogP contribution in [0.4, 0.5) is 0 Å². The molecule has 6 nitrogen and oxygen atoms in total. The summed E-state index contributed by atoms with van der Waals surface area (Å²) in [4.78, 5) is 4.68. The zero-order chi connectivity index (χ0) is 19.8. The van der Waals surface area contributed by atoms with E-state index in [-0.39, 0.29) is 11.5 Å². The van der Waals surface area contributed by atoms with Crippen molar-refractivity contribution in [3.63, 3.8) is 0 Å². The van der Waals surface area contributed by atoms with Crippen molar-refractivity contribution in [2.45, 2.75) is 19.6 Å². The van der Waals surface area contributed by atoms with Gasteiger partial charge < -0.3 is 25.0 Å². The number of pyridine rings is 1. The predicted molar refractivity (Wildman–Crippen MR) is 106 cm³/mol. The quantitative estimate of drug-likeness (QED) is 0.406. The van der Waals surface area contributed by atoms with Crippen molar-refractivity contribution >= 4 is 0 Å². The van der Waals surface area contributed by atoms with Crippen LogP contribution in [-0.2, 0) is 6.54 Å². The van der Waals surface area contributed by atoms with Crippen LogP contribution in [0.1, 0.15) is 6.92 Å². The molecule has 6 heteroatoms. The fourth-order valence-electron chi connectivity index (χ4n) is 3.23. The number of hydrogen-bond acceptors (Lipinski definition) is 5. The predicted octanol–water partition coefficient (Wildman–Crippen LogP) is 3.82. The van der Waals surface area contributed by atoms with Gasteiger partial charge in [0, 0.05) is 30.1 Å². The zero-order valence-electron chi connectivity index (χ0n) is 15.2. The third-order valence-corrected chi connectivity index (χ3v) is 4.62. The maximum Gasteiger partial charge on any atom is 0.200 e. The van der Waals surface area contributed by atoms with Gasteiger partial charge in [0.2, 0.25) is 0 Å². The summed E-state index contributed by atoms with van der Waals surface area (Å²) in [6.45, 7) is 2.26. The molecule has 2 aromatic rings. The number of nitrogens with zero attached hydrogens (tertiary/aromatic N) is 2. The van der Waals surface area contributed by atoms with Gasteiger partial charge in [0.25, 0.3) is 0 Å². The number of aliphatic hydroxyl groups excluding tert-OH is 1. The first-order valence-corrected chi connectivity index (χ1v) is 8.91. The second-order valence-corrected chi connectivity index (χ2v) is 6.91. The van der Waals surface area contributed by atoms with Crippen LogP contribution < -0.4 is 0 Å². The fourth-order valence-corrected chi connectivity index (χ4v) is 3.23. The number of aromatic hydroxyl groups is 3. The normalized spacial score (nSPS) is 12.4. The second-order valence-electron chi connectivity index (χ2n) is 6.91. The Labute approximate surface area is 161 Å². The van der Waals surface area contributed by atoms with Crippen molar-refractivity contribution in [3.8, 4) is 50.9 Å². The molecule has 142 valence electrons. The van der Waals surface area contributed by atoms with Crippen LogP contribution in [0.25, 0.3) is 33.6 Å². The van der Waals surface area contributed by atoms with Gasteiger partial charge in [0.05, 0.1) is 17.5 Å². The fraction of sp³-hybridized carbons (Fsp3) is 0.136. The highest BCUT2D eigenvalue weighted by Gasteiger charge is 2.13. The Balaban J connectivity index is 1.65. The Morgan fingerprint density at radius 3 is 2.11 bits per heavy atom. The van der Waals surface area contributed by atoms with E-state index in [4.69, 9.17) is 0 Å². The third-order valence-electron chi connectivity index (χ3n) is 4.62. The molecule has 0 amide bonds. The summed E-state index contributed by atoms with van der Waals surface area (Å²) >= 11 is 0. The van der Waals surface area contributed by atoms with E-state index >= 15 is 0 Å². The minimum atomic E-state index is -0.527. The van der Waals surface area contributed by atoms with E-state index in [9.17, 15) is 20.4 Å². The first kappa shape index (κ1) is 17.9. The van der Waals surface area contributed by atoms with E-state index in [1.165, 1.54) is 12.1 Å². The highest BCUT2D eigenvalue weighted by molar-refractivity contribution is 5.76. The number of phenols is 3. The van der Waals surface area contributed by atoms with E-state index in [0.29, 0.717) is 12.1 Å². The Morgan fingerprint density at radius 1 is 0.821 bits per heavy atom. The number of phenolic OH excluding ortho intramolecular Hbond substituents is 3. The van der Waals surface area contributed by atoms with Crippen molar-refractivity contribution < 1.29 is 20.4 Å². The lowest BCUT2D eigenvalue weighted by atomic mass is 10.0. The number of rotatable bonds is 4. The lowest BCUT2D eigenvalue weighted by molar-refractivity contribution is 0.173. The average Bonchev–Trinajstić information content (AvgIpc) is 3.08. The molecular weight excluding hydrogens is 356 g/mol. The smallest absolute Gasteiger partial charge is 0.200 e. The molecule has 28 heavy (non-hydrogen) atoms. The molecule has 0 aliphatic carbocycles. The van der Waals surface area contributed by atoms with E-state index in [1.54, 1.807) is 6.92 Å².